The molecule has 2 aromatic rings. The van der Waals surface area contributed by atoms with Gasteiger partial charge in [-0.2, -0.15) is 0 Å². The monoisotopic (exact) mass is 307 g/mol. The maximum Gasteiger partial charge on any atom is 0.330 e. The lowest BCUT2D eigenvalue weighted by Gasteiger charge is -2.19. The van der Waals surface area contributed by atoms with E-state index in [9.17, 15) is 14.7 Å². The molecular weight excluding hydrogens is 290 g/mol. The molecule has 0 amide bonds. The summed E-state index contributed by atoms with van der Waals surface area (Å²) in [6.45, 7) is 0. The third-order valence-electron chi connectivity index (χ3n) is 4.00. The molecule has 2 aromatic carbocycles. The van der Waals surface area contributed by atoms with Crippen molar-refractivity contribution in [2.24, 2.45) is 0 Å². The van der Waals surface area contributed by atoms with Crippen LogP contribution < -0.4 is 5.32 Å². The Kier molecular flexibility index (Phi) is 4.24. The molecule has 0 bridgehead atoms. The van der Waals surface area contributed by atoms with Crippen molar-refractivity contribution in [2.75, 3.05) is 0 Å². The molecule has 0 aliphatic heterocycles. The van der Waals surface area contributed by atoms with E-state index in [1.54, 1.807) is 30.5 Å². The highest BCUT2D eigenvalue weighted by Gasteiger charge is 2.23. The van der Waals surface area contributed by atoms with Crippen molar-refractivity contribution in [3.63, 3.8) is 0 Å². The molecule has 1 atom stereocenters. The number of ketones is 1. The van der Waals surface area contributed by atoms with Crippen LogP contribution in [0, 0.1) is 0 Å². The Morgan fingerprint density at radius 1 is 1.04 bits per heavy atom. The van der Waals surface area contributed by atoms with Crippen molar-refractivity contribution in [2.45, 2.75) is 18.9 Å². The summed E-state index contributed by atoms with van der Waals surface area (Å²) in [6.07, 6.45) is 2.73. The number of aliphatic carboxylic acids is 1. The van der Waals surface area contributed by atoms with E-state index in [1.165, 1.54) is 0 Å². The van der Waals surface area contributed by atoms with E-state index >= 15 is 0 Å². The topological polar surface area (TPSA) is 66.4 Å². The second-order valence-electron chi connectivity index (χ2n) is 5.49. The van der Waals surface area contributed by atoms with Gasteiger partial charge in [-0.15, -0.1) is 0 Å². The van der Waals surface area contributed by atoms with Crippen molar-refractivity contribution in [1.29, 1.82) is 0 Å². The van der Waals surface area contributed by atoms with E-state index in [0.29, 0.717) is 17.6 Å². The van der Waals surface area contributed by atoms with Gasteiger partial charge in [0.2, 0.25) is 0 Å². The number of hydrogen-bond donors (Lipinski definition) is 2. The standard InChI is InChI=1S/C19H17NO3/c21-17-11-10-13-6-4-5-9-15(13)16(17)12-20-18(19(22)23)14-7-2-1-3-8-14/h1-9,12,18,20H,10-11H2,(H,22,23)/b16-12+. The average molecular weight is 307 g/mol. The molecule has 23 heavy (non-hydrogen) atoms. The largest absolute Gasteiger partial charge is 0.479 e. The van der Waals surface area contributed by atoms with Gasteiger partial charge >= 0.3 is 5.97 Å². The summed E-state index contributed by atoms with van der Waals surface area (Å²) < 4.78 is 0. The lowest BCUT2D eigenvalue weighted by molar-refractivity contribution is -0.139. The van der Waals surface area contributed by atoms with Gasteiger partial charge in [-0.1, -0.05) is 54.6 Å². The number of benzene rings is 2. The summed E-state index contributed by atoms with van der Waals surface area (Å²) in [5, 5.41) is 12.3. The highest BCUT2D eigenvalue weighted by atomic mass is 16.4. The first-order valence-corrected chi connectivity index (χ1v) is 7.52. The normalized spacial score (nSPS) is 16.7. The fourth-order valence-corrected chi connectivity index (χ4v) is 2.81. The number of fused-ring (bicyclic) bond motifs is 1. The number of hydrogen-bond acceptors (Lipinski definition) is 3. The third kappa shape index (κ3) is 3.16. The van der Waals surface area contributed by atoms with Gasteiger partial charge in [0.05, 0.1) is 0 Å². The summed E-state index contributed by atoms with van der Waals surface area (Å²) >= 11 is 0. The number of allylic oxidation sites excluding steroid dienone is 1. The lowest BCUT2D eigenvalue weighted by atomic mass is 9.87. The molecule has 116 valence electrons. The number of Topliss-reactive ketones (excluding diaryl/α,β-unsaturated/α-hetero) is 1. The molecule has 0 saturated carbocycles. The molecule has 4 heteroatoms. The molecule has 4 nitrogen and oxygen atoms in total. The van der Waals surface area contributed by atoms with Crippen molar-refractivity contribution in [3.8, 4) is 0 Å². The number of carbonyl (C=O) groups is 2. The van der Waals surface area contributed by atoms with E-state index < -0.39 is 12.0 Å². The summed E-state index contributed by atoms with van der Waals surface area (Å²) in [6, 6.07) is 15.8. The van der Waals surface area contributed by atoms with E-state index in [4.69, 9.17) is 0 Å². The minimum atomic E-state index is -0.982. The molecule has 0 fully saturated rings. The molecule has 1 aliphatic rings. The second-order valence-corrected chi connectivity index (χ2v) is 5.49. The molecule has 0 aromatic heterocycles. The number of aryl methyl sites for hydroxylation is 1. The van der Waals surface area contributed by atoms with Crippen LogP contribution in [0.25, 0.3) is 5.57 Å². The summed E-state index contributed by atoms with van der Waals surface area (Å²) in [7, 11) is 0. The zero-order valence-electron chi connectivity index (χ0n) is 12.5. The van der Waals surface area contributed by atoms with Gasteiger partial charge in [-0.05, 0) is 23.1 Å². The van der Waals surface area contributed by atoms with Crippen LogP contribution >= 0.6 is 0 Å². The number of carboxylic acid groups (broad SMARTS) is 1. The first kappa shape index (κ1) is 15.0. The Hall–Kier alpha value is -2.88. The van der Waals surface area contributed by atoms with Crippen LogP contribution in [0.15, 0.2) is 60.8 Å². The average Bonchev–Trinajstić information content (AvgIpc) is 2.57. The van der Waals surface area contributed by atoms with E-state index in [-0.39, 0.29) is 5.78 Å². The van der Waals surface area contributed by atoms with Gasteiger partial charge in [0.25, 0.3) is 0 Å². The van der Waals surface area contributed by atoms with Crippen LogP contribution in [0.4, 0.5) is 0 Å². The number of carboxylic acids is 1. The van der Waals surface area contributed by atoms with Crippen LogP contribution in [-0.2, 0) is 16.0 Å². The van der Waals surface area contributed by atoms with Gasteiger partial charge in [-0.25, -0.2) is 4.79 Å². The Morgan fingerprint density at radius 3 is 2.48 bits per heavy atom. The summed E-state index contributed by atoms with van der Waals surface area (Å²) in [5.74, 6) is -0.946. The fraction of sp³-hybridized carbons (Fsp3) is 0.158. The molecule has 0 spiro atoms. The minimum Gasteiger partial charge on any atom is -0.479 e. The van der Waals surface area contributed by atoms with E-state index in [0.717, 1.165) is 17.5 Å². The van der Waals surface area contributed by atoms with Crippen LogP contribution in [-0.4, -0.2) is 16.9 Å². The maximum absolute atomic E-state index is 12.2. The first-order valence-electron chi connectivity index (χ1n) is 7.52. The quantitative estimate of drug-likeness (QED) is 0.852. The third-order valence-corrected chi connectivity index (χ3v) is 4.00. The number of carbonyl (C=O) groups excluding carboxylic acids is 1. The van der Waals surface area contributed by atoms with Crippen molar-refractivity contribution in [3.05, 3.63) is 77.5 Å². The molecular formula is C19H17NO3. The number of nitrogens with one attached hydrogen (secondary N) is 1. The molecule has 2 N–H and O–H groups in total. The smallest absolute Gasteiger partial charge is 0.330 e. The number of rotatable bonds is 4. The van der Waals surface area contributed by atoms with Gasteiger partial charge in [0.15, 0.2) is 5.78 Å². The van der Waals surface area contributed by atoms with Crippen LogP contribution in [0.1, 0.15) is 29.2 Å². The van der Waals surface area contributed by atoms with Crippen LogP contribution in [0.2, 0.25) is 0 Å². The zero-order chi connectivity index (χ0) is 16.2. The van der Waals surface area contributed by atoms with E-state index in [2.05, 4.69) is 5.32 Å². The molecule has 3 rings (SSSR count). The molecule has 0 heterocycles. The maximum atomic E-state index is 12.2. The SMILES string of the molecule is O=C1CCc2ccccc2/C1=C\NC(C(=O)O)c1ccccc1. The Labute approximate surface area is 134 Å². The van der Waals surface area contributed by atoms with Crippen molar-refractivity contribution < 1.29 is 14.7 Å². The lowest BCUT2D eigenvalue weighted by Crippen LogP contribution is -2.25. The fourth-order valence-electron chi connectivity index (χ4n) is 2.81. The van der Waals surface area contributed by atoms with Gasteiger partial charge < -0.3 is 10.4 Å². The highest BCUT2D eigenvalue weighted by Crippen LogP contribution is 2.28. The molecule has 0 saturated heterocycles. The van der Waals surface area contributed by atoms with Gasteiger partial charge in [0, 0.05) is 18.2 Å². The highest BCUT2D eigenvalue weighted by molar-refractivity contribution is 6.22. The predicted molar refractivity (Wildman–Crippen MR) is 87.7 cm³/mol. The second kappa shape index (κ2) is 6.48. The summed E-state index contributed by atoms with van der Waals surface area (Å²) in [5.41, 5.74) is 3.20. The summed E-state index contributed by atoms with van der Waals surface area (Å²) in [4.78, 5) is 23.7. The van der Waals surface area contributed by atoms with Crippen LogP contribution in [0.5, 0.6) is 0 Å². The van der Waals surface area contributed by atoms with E-state index in [1.807, 2.05) is 30.3 Å². The zero-order valence-corrected chi connectivity index (χ0v) is 12.5. The van der Waals surface area contributed by atoms with Gasteiger partial charge in [-0.3, -0.25) is 4.79 Å². The predicted octanol–water partition coefficient (Wildman–Crippen LogP) is 2.96. The Balaban J connectivity index is 1.92. The minimum absolute atomic E-state index is 0.0356. The van der Waals surface area contributed by atoms with Gasteiger partial charge in [0.1, 0.15) is 6.04 Å². The molecule has 0 radical (unpaired) electrons. The molecule has 1 unspecified atom stereocenters. The van der Waals surface area contributed by atoms with Crippen molar-refractivity contribution >= 4 is 17.3 Å². The Bertz CT molecular complexity index is 765. The van der Waals surface area contributed by atoms with Crippen molar-refractivity contribution in [1.82, 2.24) is 5.32 Å². The first-order chi connectivity index (χ1) is 11.2. The molecule has 1 aliphatic carbocycles. The Morgan fingerprint density at radius 2 is 1.74 bits per heavy atom. The van der Waals surface area contributed by atoms with Crippen LogP contribution in [0.3, 0.4) is 0 Å².